The smallest absolute Gasteiger partial charge is 0.281 e. The minimum absolute atomic E-state index is 0. The normalized spacial score (nSPS) is 15.8. The number of nitrogen functional groups attached to an aromatic ring is 1. The maximum absolute atomic E-state index is 13.7. The Morgan fingerprint density at radius 2 is 1.73 bits per heavy atom. The van der Waals surface area contributed by atoms with Gasteiger partial charge in [0.25, 0.3) is 15.9 Å². The average Bonchev–Trinajstić information content (AvgIpc) is 2.81. The van der Waals surface area contributed by atoms with Crippen LogP contribution in [-0.2, 0) is 10.0 Å². The lowest BCUT2D eigenvalue weighted by Gasteiger charge is -2.28. The molecule has 2 aromatic heterocycles. The molecule has 11 heteroatoms. The molecule has 4 rings (SSSR count). The summed E-state index contributed by atoms with van der Waals surface area (Å²) < 4.78 is 61.1. The van der Waals surface area contributed by atoms with Gasteiger partial charge in [0, 0.05) is 25.9 Å². The molecule has 1 aromatic carbocycles. The van der Waals surface area contributed by atoms with Crippen molar-refractivity contribution < 1.29 is 28.2 Å². The fourth-order valence-corrected chi connectivity index (χ4v) is 5.44. The minimum Gasteiger partial charge on any atom is -0.438 e. The number of rotatable bonds is 6. The van der Waals surface area contributed by atoms with Crippen LogP contribution in [0.5, 0.6) is 11.6 Å². The topological polar surface area (TPSA) is 124 Å². The van der Waals surface area contributed by atoms with Crippen molar-refractivity contribution in [1.82, 2.24) is 14.7 Å². The van der Waals surface area contributed by atoms with E-state index in [-0.39, 0.29) is 50.3 Å². The molecule has 1 aliphatic carbocycles. The number of nitrogens with one attached hydrogen (secondary N) is 1. The number of carbonyl (C=O) groups is 1. The van der Waals surface area contributed by atoms with Crippen molar-refractivity contribution in [2.24, 2.45) is 0 Å². The molecule has 0 spiro atoms. The van der Waals surface area contributed by atoms with Gasteiger partial charge in [0.05, 0.1) is 0 Å². The van der Waals surface area contributed by atoms with Gasteiger partial charge in [-0.2, -0.15) is 8.42 Å². The number of hydrogen-bond acceptors (Lipinski definition) is 7. The van der Waals surface area contributed by atoms with Crippen LogP contribution in [0.4, 0.5) is 14.6 Å². The highest BCUT2D eigenvalue weighted by Gasteiger charge is 2.36. The van der Waals surface area contributed by atoms with E-state index in [1.807, 2.05) is 37.6 Å². The molecule has 0 radical (unpaired) electrons. The maximum atomic E-state index is 13.7. The van der Waals surface area contributed by atoms with Crippen molar-refractivity contribution in [3.8, 4) is 11.6 Å². The van der Waals surface area contributed by atoms with Gasteiger partial charge in [-0.1, -0.05) is 23.8 Å². The Balaban J connectivity index is 0.00000400. The number of ether oxygens (including phenoxy) is 1. The Hall–Kier alpha value is -3.60. The van der Waals surface area contributed by atoms with E-state index < -0.39 is 26.9 Å². The summed E-state index contributed by atoms with van der Waals surface area (Å²) in [5.74, 6) is -3.57. The molecule has 8 nitrogen and oxygen atoms in total. The first-order valence-corrected chi connectivity index (χ1v) is 13.3. The number of aryl methyl sites for hydroxylation is 3. The van der Waals surface area contributed by atoms with Crippen LogP contribution >= 0.6 is 0 Å². The Bertz CT molecular complexity index is 1430. The average molecular weight is 533 g/mol. The lowest BCUT2D eigenvalue weighted by Crippen LogP contribution is -2.32. The zero-order chi connectivity index (χ0) is 27.0. The minimum atomic E-state index is -4.34. The highest BCUT2D eigenvalue weighted by molar-refractivity contribution is 7.90. The largest absolute Gasteiger partial charge is 0.438 e. The Morgan fingerprint density at radius 1 is 1.08 bits per heavy atom. The molecule has 2 heterocycles. The van der Waals surface area contributed by atoms with E-state index in [9.17, 15) is 22.0 Å². The van der Waals surface area contributed by atoms with Gasteiger partial charge in [-0.25, -0.2) is 23.5 Å². The van der Waals surface area contributed by atoms with Crippen molar-refractivity contribution in [1.29, 1.82) is 0 Å². The molecule has 0 aliphatic heterocycles. The van der Waals surface area contributed by atoms with Crippen LogP contribution in [0.3, 0.4) is 0 Å². The first-order valence-electron chi connectivity index (χ1n) is 11.8. The van der Waals surface area contributed by atoms with Gasteiger partial charge in [0.15, 0.2) is 5.03 Å². The van der Waals surface area contributed by atoms with Gasteiger partial charge in [0.2, 0.25) is 11.8 Å². The Morgan fingerprint density at radius 3 is 2.35 bits per heavy atom. The van der Waals surface area contributed by atoms with Gasteiger partial charge < -0.3 is 10.5 Å². The predicted octanol–water partition coefficient (Wildman–Crippen LogP) is 5.43. The summed E-state index contributed by atoms with van der Waals surface area (Å²) in [6, 6.07) is 10.8. The van der Waals surface area contributed by atoms with Gasteiger partial charge in [-0.05, 0) is 69.0 Å². The van der Waals surface area contributed by atoms with Crippen molar-refractivity contribution in [3.05, 3.63) is 70.4 Å². The van der Waals surface area contributed by atoms with Crippen molar-refractivity contribution >= 4 is 21.7 Å². The summed E-state index contributed by atoms with van der Waals surface area (Å²) in [5, 5.41) is -0.416. The van der Waals surface area contributed by atoms with E-state index in [2.05, 4.69) is 9.97 Å². The lowest BCUT2D eigenvalue weighted by atomic mass is 9.84. The summed E-state index contributed by atoms with van der Waals surface area (Å²) in [4.78, 5) is 21.4. The number of hydrogen-bond donors (Lipinski definition) is 2. The Kier molecular flexibility index (Phi) is 7.18. The van der Waals surface area contributed by atoms with Gasteiger partial charge in [0.1, 0.15) is 17.1 Å². The molecular formula is C26H30F2N4O4S. The SMILES string of the molecule is Cc1cc(C)c(Oc2nc(C3CCC(F)(F)CC3)ccc2C(=O)NS(=O)(=O)c2cccc(N)n2)c(C)c1.[HH]. The van der Waals surface area contributed by atoms with E-state index in [1.54, 1.807) is 6.07 Å². The summed E-state index contributed by atoms with van der Waals surface area (Å²) in [5.41, 5.74) is 8.57. The molecule has 0 saturated heterocycles. The summed E-state index contributed by atoms with van der Waals surface area (Å²) in [6.07, 6.45) is -0.0229. The maximum Gasteiger partial charge on any atom is 0.281 e. The zero-order valence-electron chi connectivity index (χ0n) is 20.7. The number of halogens is 2. The number of aromatic nitrogens is 2. The number of carbonyl (C=O) groups excluding carboxylic acids is 1. The third kappa shape index (κ3) is 6.04. The number of pyridine rings is 2. The molecule has 0 bridgehead atoms. The molecule has 0 atom stereocenters. The van der Waals surface area contributed by atoms with Gasteiger partial charge >= 0.3 is 0 Å². The fraction of sp³-hybridized carbons (Fsp3) is 0.346. The first-order chi connectivity index (χ1) is 17.3. The van der Waals surface area contributed by atoms with E-state index in [4.69, 9.17) is 10.5 Å². The molecule has 37 heavy (non-hydrogen) atoms. The molecule has 1 fully saturated rings. The standard InChI is InChI=1S/C26H28F2N4O4S.H2/c1-15-13-16(2)23(17(3)14-15)36-25-19(7-8-20(30-25)18-9-11-26(27,28)12-10-18)24(33)32-37(34,35)22-6-4-5-21(29)31-22;/h4-8,13-14,18H,9-12H2,1-3H3,(H2,29,31)(H,32,33);1H. The van der Waals surface area contributed by atoms with Crippen LogP contribution in [-0.4, -0.2) is 30.2 Å². The van der Waals surface area contributed by atoms with Crippen molar-refractivity contribution in [3.63, 3.8) is 0 Å². The van der Waals surface area contributed by atoms with E-state index in [0.29, 0.717) is 11.4 Å². The Labute approximate surface area is 215 Å². The summed E-state index contributed by atoms with van der Waals surface area (Å²) in [7, 11) is -4.34. The highest BCUT2D eigenvalue weighted by Crippen LogP contribution is 2.41. The number of nitrogens with zero attached hydrogens (tertiary/aromatic N) is 2. The lowest BCUT2D eigenvalue weighted by molar-refractivity contribution is -0.0385. The molecule has 1 amide bonds. The molecular weight excluding hydrogens is 502 g/mol. The van der Waals surface area contributed by atoms with E-state index >= 15 is 0 Å². The van der Waals surface area contributed by atoms with Crippen LogP contribution in [0.2, 0.25) is 0 Å². The number of sulfonamides is 1. The van der Waals surface area contributed by atoms with Crippen molar-refractivity contribution in [2.45, 2.75) is 63.3 Å². The van der Waals surface area contributed by atoms with Gasteiger partial charge in [-0.3, -0.25) is 4.79 Å². The van der Waals surface area contributed by atoms with Gasteiger partial charge in [-0.15, -0.1) is 0 Å². The van der Waals surface area contributed by atoms with Crippen molar-refractivity contribution in [2.75, 3.05) is 5.73 Å². The number of amides is 1. The molecule has 1 saturated carbocycles. The molecule has 198 valence electrons. The van der Waals surface area contributed by atoms with Crippen LogP contribution in [0.1, 0.15) is 65.8 Å². The first kappa shape index (κ1) is 26.5. The molecule has 3 aromatic rings. The van der Waals surface area contributed by atoms with Crippen LogP contribution in [0.25, 0.3) is 0 Å². The predicted molar refractivity (Wildman–Crippen MR) is 137 cm³/mol. The number of anilines is 1. The highest BCUT2D eigenvalue weighted by atomic mass is 32.2. The van der Waals surface area contributed by atoms with Crippen LogP contribution < -0.4 is 15.2 Å². The molecule has 0 unspecified atom stereocenters. The number of benzene rings is 1. The second-order valence-corrected chi connectivity index (χ2v) is 11.0. The quantitative estimate of drug-likeness (QED) is 0.433. The fourth-order valence-electron chi connectivity index (χ4n) is 4.50. The van der Waals surface area contributed by atoms with Crippen LogP contribution in [0, 0.1) is 20.8 Å². The number of nitrogens with two attached hydrogens (primary N) is 1. The van der Waals surface area contributed by atoms with E-state index in [0.717, 1.165) is 16.7 Å². The zero-order valence-corrected chi connectivity index (χ0v) is 21.5. The molecule has 1 aliphatic rings. The second-order valence-electron chi connectivity index (χ2n) is 9.38. The second kappa shape index (κ2) is 10.0. The van der Waals surface area contributed by atoms with E-state index in [1.165, 1.54) is 24.3 Å². The monoisotopic (exact) mass is 532 g/mol. The third-order valence-electron chi connectivity index (χ3n) is 6.31. The molecule has 3 N–H and O–H groups in total. The third-order valence-corrected chi connectivity index (χ3v) is 7.54. The summed E-state index contributed by atoms with van der Waals surface area (Å²) >= 11 is 0. The summed E-state index contributed by atoms with van der Waals surface area (Å²) in [6.45, 7) is 5.63. The number of alkyl halides is 2. The van der Waals surface area contributed by atoms with Crippen LogP contribution in [0.15, 0.2) is 47.5 Å².